The summed E-state index contributed by atoms with van der Waals surface area (Å²) in [5, 5.41) is 0. The SMILES string of the molecule is Cn1c(=O)oc2ccc(C(N)CC(=O)NN)cc21. The minimum atomic E-state index is -0.483. The van der Waals surface area contributed by atoms with Gasteiger partial charge in [-0.2, -0.15) is 0 Å². The highest BCUT2D eigenvalue weighted by Gasteiger charge is 2.13. The van der Waals surface area contributed by atoms with Crippen molar-refractivity contribution in [1.29, 1.82) is 0 Å². The van der Waals surface area contributed by atoms with Crippen molar-refractivity contribution in [3.8, 4) is 0 Å². The van der Waals surface area contributed by atoms with E-state index in [0.29, 0.717) is 11.1 Å². The van der Waals surface area contributed by atoms with Crippen LogP contribution in [0.3, 0.4) is 0 Å². The molecule has 0 saturated heterocycles. The zero-order valence-corrected chi connectivity index (χ0v) is 9.84. The summed E-state index contributed by atoms with van der Waals surface area (Å²) in [5.74, 6) is 4.22. The zero-order valence-electron chi connectivity index (χ0n) is 9.84. The molecule has 1 amide bonds. The molecule has 0 spiro atoms. The average Bonchev–Trinajstić information content (AvgIpc) is 2.64. The molecule has 0 aliphatic rings. The Hall–Kier alpha value is -2.12. The number of hydrogen-bond acceptors (Lipinski definition) is 5. The minimum absolute atomic E-state index is 0.0772. The van der Waals surface area contributed by atoms with Crippen LogP contribution in [0.15, 0.2) is 27.4 Å². The Bertz CT molecular complexity index is 643. The number of aromatic nitrogens is 1. The van der Waals surface area contributed by atoms with Gasteiger partial charge in [-0.15, -0.1) is 0 Å². The van der Waals surface area contributed by atoms with Crippen molar-refractivity contribution in [2.45, 2.75) is 12.5 Å². The van der Waals surface area contributed by atoms with E-state index in [9.17, 15) is 9.59 Å². The lowest BCUT2D eigenvalue weighted by Crippen LogP contribution is -2.32. The molecule has 96 valence electrons. The van der Waals surface area contributed by atoms with Crippen LogP contribution in [-0.4, -0.2) is 10.5 Å². The second-order valence-electron chi connectivity index (χ2n) is 4.03. The number of rotatable bonds is 3. The summed E-state index contributed by atoms with van der Waals surface area (Å²) < 4.78 is 6.39. The third-order valence-electron chi connectivity index (χ3n) is 2.81. The van der Waals surface area contributed by atoms with Crippen LogP contribution in [0.25, 0.3) is 11.1 Å². The monoisotopic (exact) mass is 250 g/mol. The molecule has 0 bridgehead atoms. The molecule has 1 unspecified atom stereocenters. The second kappa shape index (κ2) is 4.63. The molecule has 2 rings (SSSR count). The standard InChI is InChI=1S/C11H14N4O3/c1-15-8-4-6(7(12)5-10(16)14-13)2-3-9(8)18-11(15)17/h2-4,7H,5,12-13H2,1H3,(H,14,16). The number of nitrogens with one attached hydrogen (secondary N) is 1. The van der Waals surface area contributed by atoms with E-state index in [2.05, 4.69) is 0 Å². The number of oxazole rings is 1. The topological polar surface area (TPSA) is 116 Å². The van der Waals surface area contributed by atoms with Crippen molar-refractivity contribution in [1.82, 2.24) is 9.99 Å². The number of nitrogens with two attached hydrogens (primary N) is 2. The summed E-state index contributed by atoms with van der Waals surface area (Å²) in [6.45, 7) is 0. The maximum atomic E-state index is 11.3. The first-order valence-electron chi connectivity index (χ1n) is 5.37. The van der Waals surface area contributed by atoms with E-state index in [1.54, 1.807) is 25.2 Å². The van der Waals surface area contributed by atoms with Crippen LogP contribution in [0.2, 0.25) is 0 Å². The number of fused-ring (bicyclic) bond motifs is 1. The predicted molar refractivity (Wildman–Crippen MR) is 65.3 cm³/mol. The summed E-state index contributed by atoms with van der Waals surface area (Å²) in [5.41, 5.74) is 9.78. The van der Waals surface area contributed by atoms with E-state index < -0.39 is 11.8 Å². The highest BCUT2D eigenvalue weighted by molar-refractivity contribution is 5.77. The summed E-state index contributed by atoms with van der Waals surface area (Å²) in [6, 6.07) is 4.63. The number of carbonyl (C=O) groups is 1. The molecule has 1 aromatic carbocycles. The molecule has 0 aliphatic carbocycles. The fourth-order valence-electron chi connectivity index (χ4n) is 1.75. The predicted octanol–water partition coefficient (Wildman–Crippen LogP) is -0.489. The number of hydrazine groups is 1. The van der Waals surface area contributed by atoms with Gasteiger partial charge < -0.3 is 10.2 Å². The average molecular weight is 250 g/mol. The maximum absolute atomic E-state index is 11.3. The van der Waals surface area contributed by atoms with E-state index in [-0.39, 0.29) is 12.3 Å². The van der Waals surface area contributed by atoms with E-state index in [0.717, 1.165) is 5.56 Å². The van der Waals surface area contributed by atoms with Gasteiger partial charge in [-0.1, -0.05) is 6.07 Å². The molecular formula is C11H14N4O3. The smallest absolute Gasteiger partial charge is 0.408 e. The lowest BCUT2D eigenvalue weighted by Gasteiger charge is -2.10. The van der Waals surface area contributed by atoms with Crippen LogP contribution >= 0.6 is 0 Å². The van der Waals surface area contributed by atoms with E-state index >= 15 is 0 Å². The van der Waals surface area contributed by atoms with E-state index in [4.69, 9.17) is 16.0 Å². The first kappa shape index (κ1) is 12.3. The fourth-order valence-corrected chi connectivity index (χ4v) is 1.75. The molecule has 5 N–H and O–H groups in total. The maximum Gasteiger partial charge on any atom is 0.419 e. The van der Waals surface area contributed by atoms with Crippen molar-refractivity contribution < 1.29 is 9.21 Å². The lowest BCUT2D eigenvalue weighted by atomic mass is 10.0. The van der Waals surface area contributed by atoms with Crippen molar-refractivity contribution in [2.75, 3.05) is 0 Å². The molecule has 0 radical (unpaired) electrons. The number of hydrogen-bond donors (Lipinski definition) is 3. The molecule has 1 atom stereocenters. The van der Waals surface area contributed by atoms with Crippen molar-refractivity contribution in [3.63, 3.8) is 0 Å². The van der Waals surface area contributed by atoms with Gasteiger partial charge in [0.15, 0.2) is 5.58 Å². The third kappa shape index (κ3) is 2.13. The molecule has 2 aromatic rings. The molecule has 7 heteroatoms. The first-order chi connectivity index (χ1) is 8.52. The quantitative estimate of drug-likeness (QED) is 0.386. The molecule has 0 saturated carbocycles. The largest absolute Gasteiger partial charge is 0.419 e. The fraction of sp³-hybridized carbons (Fsp3) is 0.273. The van der Waals surface area contributed by atoms with Crippen molar-refractivity contribution >= 4 is 17.0 Å². The van der Waals surface area contributed by atoms with Gasteiger partial charge in [-0.25, -0.2) is 10.6 Å². The zero-order chi connectivity index (χ0) is 13.3. The Labute approximate surface area is 102 Å². The molecule has 1 heterocycles. The number of carbonyl (C=O) groups excluding carboxylic acids is 1. The Kier molecular flexibility index (Phi) is 3.17. The Morgan fingerprint density at radius 1 is 1.56 bits per heavy atom. The number of aryl methyl sites for hydroxylation is 1. The van der Waals surface area contributed by atoms with Gasteiger partial charge in [0.2, 0.25) is 5.91 Å². The van der Waals surface area contributed by atoms with Crippen molar-refractivity contribution in [2.24, 2.45) is 18.6 Å². The van der Waals surface area contributed by atoms with Gasteiger partial charge in [0.25, 0.3) is 0 Å². The van der Waals surface area contributed by atoms with Crippen LogP contribution < -0.4 is 22.8 Å². The normalized spacial score (nSPS) is 12.6. The number of amides is 1. The van der Waals surface area contributed by atoms with Crippen LogP contribution in [0, 0.1) is 0 Å². The molecule has 7 nitrogen and oxygen atoms in total. The van der Waals surface area contributed by atoms with Crippen LogP contribution in [0.4, 0.5) is 0 Å². The van der Waals surface area contributed by atoms with Gasteiger partial charge in [-0.05, 0) is 17.7 Å². The lowest BCUT2D eigenvalue weighted by molar-refractivity contribution is -0.121. The number of benzene rings is 1. The van der Waals surface area contributed by atoms with Crippen LogP contribution in [0.5, 0.6) is 0 Å². The molecule has 0 aliphatic heterocycles. The van der Waals surface area contributed by atoms with Crippen LogP contribution in [0.1, 0.15) is 18.0 Å². The van der Waals surface area contributed by atoms with E-state index in [1.807, 2.05) is 5.43 Å². The Balaban J connectivity index is 2.37. The molecular weight excluding hydrogens is 236 g/mol. The molecule has 18 heavy (non-hydrogen) atoms. The highest BCUT2D eigenvalue weighted by atomic mass is 16.4. The Morgan fingerprint density at radius 3 is 2.94 bits per heavy atom. The van der Waals surface area contributed by atoms with Crippen LogP contribution in [-0.2, 0) is 11.8 Å². The van der Waals surface area contributed by atoms with Gasteiger partial charge in [-0.3, -0.25) is 14.8 Å². The summed E-state index contributed by atoms with van der Waals surface area (Å²) in [4.78, 5) is 22.5. The second-order valence-corrected chi connectivity index (χ2v) is 4.03. The van der Waals surface area contributed by atoms with E-state index in [1.165, 1.54) is 4.57 Å². The third-order valence-corrected chi connectivity index (χ3v) is 2.81. The van der Waals surface area contributed by atoms with Gasteiger partial charge >= 0.3 is 5.76 Å². The summed E-state index contributed by atoms with van der Waals surface area (Å²) >= 11 is 0. The van der Waals surface area contributed by atoms with Gasteiger partial charge in [0.05, 0.1) is 5.52 Å². The summed E-state index contributed by atoms with van der Waals surface area (Å²) in [6.07, 6.45) is 0.0772. The number of nitrogens with zero attached hydrogens (tertiary/aromatic N) is 1. The van der Waals surface area contributed by atoms with Gasteiger partial charge in [0, 0.05) is 19.5 Å². The minimum Gasteiger partial charge on any atom is -0.408 e. The molecule has 0 fully saturated rings. The molecule has 1 aromatic heterocycles. The van der Waals surface area contributed by atoms with Crippen molar-refractivity contribution in [3.05, 3.63) is 34.3 Å². The highest BCUT2D eigenvalue weighted by Crippen LogP contribution is 2.20. The van der Waals surface area contributed by atoms with Gasteiger partial charge in [0.1, 0.15) is 0 Å². The Morgan fingerprint density at radius 2 is 2.28 bits per heavy atom. The summed E-state index contributed by atoms with van der Waals surface area (Å²) in [7, 11) is 1.61. The first-order valence-corrected chi connectivity index (χ1v) is 5.37.